The first-order valence-corrected chi connectivity index (χ1v) is 9.70. The first kappa shape index (κ1) is 18.0. The lowest BCUT2D eigenvalue weighted by atomic mass is 10.1. The standard InChI is InChI=1S/C19H25N3O2S/c1-23-15-6-8-18(24-2)16(14-15)17-7-9-19(21-20-17)25-13-12-22-10-4-3-5-11-22/h6-9,14H,3-5,10-13H2,1-2H3. The summed E-state index contributed by atoms with van der Waals surface area (Å²) in [5.41, 5.74) is 1.68. The summed E-state index contributed by atoms with van der Waals surface area (Å²) in [6.45, 7) is 3.60. The molecule has 0 amide bonds. The van der Waals surface area contributed by atoms with Crippen molar-refractivity contribution in [1.82, 2.24) is 15.1 Å². The molecule has 3 rings (SSSR count). The van der Waals surface area contributed by atoms with Crippen molar-refractivity contribution >= 4 is 11.8 Å². The van der Waals surface area contributed by atoms with Gasteiger partial charge in [0.2, 0.25) is 0 Å². The topological polar surface area (TPSA) is 47.5 Å². The molecule has 0 unspecified atom stereocenters. The number of benzene rings is 1. The van der Waals surface area contributed by atoms with Gasteiger partial charge in [-0.3, -0.25) is 0 Å². The van der Waals surface area contributed by atoms with Crippen LogP contribution in [0, 0.1) is 0 Å². The van der Waals surface area contributed by atoms with E-state index in [2.05, 4.69) is 15.1 Å². The first-order chi connectivity index (χ1) is 12.3. The van der Waals surface area contributed by atoms with Crippen molar-refractivity contribution in [3.63, 3.8) is 0 Å². The van der Waals surface area contributed by atoms with Crippen LogP contribution in [-0.4, -0.2) is 54.7 Å². The monoisotopic (exact) mass is 359 g/mol. The Hall–Kier alpha value is -1.79. The number of rotatable bonds is 7. The van der Waals surface area contributed by atoms with E-state index in [1.165, 1.54) is 32.4 Å². The van der Waals surface area contributed by atoms with Gasteiger partial charge in [0.15, 0.2) is 0 Å². The Labute approximate surface area is 153 Å². The van der Waals surface area contributed by atoms with Crippen molar-refractivity contribution < 1.29 is 9.47 Å². The van der Waals surface area contributed by atoms with Crippen molar-refractivity contribution in [2.75, 3.05) is 39.6 Å². The Morgan fingerprint density at radius 3 is 2.52 bits per heavy atom. The number of aromatic nitrogens is 2. The van der Waals surface area contributed by atoms with Crippen LogP contribution in [0.15, 0.2) is 35.4 Å². The molecule has 1 aliphatic heterocycles. The number of nitrogens with zero attached hydrogens (tertiary/aromatic N) is 3. The van der Waals surface area contributed by atoms with Gasteiger partial charge in [0.05, 0.1) is 19.9 Å². The molecule has 2 heterocycles. The summed E-state index contributed by atoms with van der Waals surface area (Å²) in [5, 5.41) is 9.71. The Morgan fingerprint density at radius 2 is 1.84 bits per heavy atom. The van der Waals surface area contributed by atoms with Crippen LogP contribution >= 0.6 is 11.8 Å². The van der Waals surface area contributed by atoms with Gasteiger partial charge in [-0.15, -0.1) is 22.0 Å². The number of piperidine rings is 1. The Bertz CT molecular complexity index is 673. The molecule has 0 spiro atoms. The summed E-state index contributed by atoms with van der Waals surface area (Å²) in [5.74, 6) is 2.59. The molecule has 1 aliphatic rings. The lowest BCUT2D eigenvalue weighted by Crippen LogP contribution is -2.31. The van der Waals surface area contributed by atoms with Gasteiger partial charge in [-0.1, -0.05) is 6.42 Å². The molecular weight excluding hydrogens is 334 g/mol. The van der Waals surface area contributed by atoms with Gasteiger partial charge in [-0.25, -0.2) is 0 Å². The average Bonchev–Trinajstić information content (AvgIpc) is 2.69. The molecule has 0 bridgehead atoms. The predicted octanol–water partition coefficient (Wildman–Crippen LogP) is 3.74. The van der Waals surface area contributed by atoms with Crippen molar-refractivity contribution in [3.05, 3.63) is 30.3 Å². The zero-order chi connectivity index (χ0) is 17.5. The maximum atomic E-state index is 5.43. The summed E-state index contributed by atoms with van der Waals surface area (Å²) in [4.78, 5) is 2.54. The van der Waals surface area contributed by atoms with E-state index in [1.54, 1.807) is 26.0 Å². The molecule has 1 aromatic carbocycles. The highest BCUT2D eigenvalue weighted by Crippen LogP contribution is 2.32. The van der Waals surface area contributed by atoms with E-state index in [-0.39, 0.29) is 0 Å². The molecule has 0 radical (unpaired) electrons. The number of ether oxygens (including phenoxy) is 2. The highest BCUT2D eigenvalue weighted by atomic mass is 32.2. The van der Waals surface area contributed by atoms with Crippen molar-refractivity contribution in [2.24, 2.45) is 0 Å². The third kappa shape index (κ3) is 4.86. The molecule has 1 fully saturated rings. The molecule has 1 saturated heterocycles. The second-order valence-electron chi connectivity index (χ2n) is 6.07. The van der Waals surface area contributed by atoms with Crippen LogP contribution in [0.5, 0.6) is 11.5 Å². The van der Waals surface area contributed by atoms with E-state index >= 15 is 0 Å². The van der Waals surface area contributed by atoms with Crippen LogP contribution in [0.2, 0.25) is 0 Å². The third-order valence-electron chi connectivity index (χ3n) is 4.43. The fraction of sp³-hybridized carbons (Fsp3) is 0.474. The molecule has 0 atom stereocenters. The molecule has 25 heavy (non-hydrogen) atoms. The van der Waals surface area contributed by atoms with Crippen LogP contribution in [-0.2, 0) is 0 Å². The van der Waals surface area contributed by atoms with Gasteiger partial charge in [0.1, 0.15) is 16.5 Å². The van der Waals surface area contributed by atoms with Crippen LogP contribution in [0.25, 0.3) is 11.3 Å². The van der Waals surface area contributed by atoms with Crippen molar-refractivity contribution in [3.8, 4) is 22.8 Å². The van der Waals surface area contributed by atoms with E-state index in [4.69, 9.17) is 9.47 Å². The number of methoxy groups -OCH3 is 2. The Kier molecular flexibility index (Phi) is 6.53. The minimum absolute atomic E-state index is 0.764. The smallest absolute Gasteiger partial charge is 0.128 e. The molecule has 6 heteroatoms. The number of hydrogen-bond donors (Lipinski definition) is 0. The molecule has 5 nitrogen and oxygen atoms in total. The lowest BCUT2D eigenvalue weighted by Gasteiger charge is -2.25. The Balaban J connectivity index is 1.62. The normalized spacial score (nSPS) is 15.1. The minimum Gasteiger partial charge on any atom is -0.497 e. The number of likely N-dealkylation sites (tertiary alicyclic amines) is 1. The maximum Gasteiger partial charge on any atom is 0.128 e. The van der Waals surface area contributed by atoms with E-state index in [1.807, 2.05) is 30.3 Å². The number of hydrogen-bond acceptors (Lipinski definition) is 6. The Morgan fingerprint density at radius 1 is 1.00 bits per heavy atom. The minimum atomic E-state index is 0.764. The van der Waals surface area contributed by atoms with Crippen LogP contribution in [0.3, 0.4) is 0 Å². The summed E-state index contributed by atoms with van der Waals surface area (Å²) >= 11 is 1.76. The second kappa shape index (κ2) is 9.06. The first-order valence-electron chi connectivity index (χ1n) is 8.71. The molecular formula is C19H25N3O2S. The summed E-state index contributed by atoms with van der Waals surface area (Å²) in [6.07, 6.45) is 4.05. The molecule has 134 valence electrons. The molecule has 0 N–H and O–H groups in total. The highest BCUT2D eigenvalue weighted by Gasteiger charge is 2.11. The lowest BCUT2D eigenvalue weighted by molar-refractivity contribution is 0.242. The summed E-state index contributed by atoms with van der Waals surface area (Å²) in [6, 6.07) is 9.71. The van der Waals surface area contributed by atoms with Gasteiger partial charge in [-0.2, -0.15) is 0 Å². The van der Waals surface area contributed by atoms with E-state index in [0.29, 0.717) is 0 Å². The van der Waals surface area contributed by atoms with Gasteiger partial charge in [0.25, 0.3) is 0 Å². The van der Waals surface area contributed by atoms with Crippen LogP contribution < -0.4 is 9.47 Å². The average molecular weight is 359 g/mol. The zero-order valence-corrected chi connectivity index (χ0v) is 15.7. The second-order valence-corrected chi connectivity index (χ2v) is 7.19. The maximum absolute atomic E-state index is 5.43. The molecule has 1 aromatic heterocycles. The van der Waals surface area contributed by atoms with E-state index < -0.39 is 0 Å². The van der Waals surface area contributed by atoms with Crippen molar-refractivity contribution in [2.45, 2.75) is 24.3 Å². The zero-order valence-electron chi connectivity index (χ0n) is 14.9. The van der Waals surface area contributed by atoms with Gasteiger partial charge in [-0.05, 0) is 56.3 Å². The quantitative estimate of drug-likeness (QED) is 0.702. The van der Waals surface area contributed by atoms with Gasteiger partial charge >= 0.3 is 0 Å². The van der Waals surface area contributed by atoms with Gasteiger partial charge in [0, 0.05) is 17.9 Å². The highest BCUT2D eigenvalue weighted by molar-refractivity contribution is 7.99. The predicted molar refractivity (Wildman–Crippen MR) is 102 cm³/mol. The summed E-state index contributed by atoms with van der Waals surface area (Å²) < 4.78 is 10.7. The molecule has 2 aromatic rings. The van der Waals surface area contributed by atoms with E-state index in [9.17, 15) is 0 Å². The largest absolute Gasteiger partial charge is 0.497 e. The third-order valence-corrected chi connectivity index (χ3v) is 5.33. The summed E-state index contributed by atoms with van der Waals surface area (Å²) in [7, 11) is 3.31. The SMILES string of the molecule is COc1ccc(OC)c(-c2ccc(SCCN3CCCCC3)nn2)c1. The number of thioether (sulfide) groups is 1. The van der Waals surface area contributed by atoms with Gasteiger partial charge < -0.3 is 14.4 Å². The fourth-order valence-electron chi connectivity index (χ4n) is 3.02. The van der Waals surface area contributed by atoms with E-state index in [0.717, 1.165) is 40.1 Å². The van der Waals surface area contributed by atoms with Crippen LogP contribution in [0.1, 0.15) is 19.3 Å². The van der Waals surface area contributed by atoms with Crippen LogP contribution in [0.4, 0.5) is 0 Å². The fourth-order valence-corrected chi connectivity index (χ4v) is 3.84. The molecule has 0 saturated carbocycles. The molecule has 0 aliphatic carbocycles. The van der Waals surface area contributed by atoms with Crippen molar-refractivity contribution in [1.29, 1.82) is 0 Å².